The molecule has 1 saturated carbocycles. The summed E-state index contributed by atoms with van der Waals surface area (Å²) in [6, 6.07) is 7.03. The van der Waals surface area contributed by atoms with Crippen molar-refractivity contribution in [2.45, 2.75) is 38.1 Å². The molecule has 2 aromatic heterocycles. The quantitative estimate of drug-likeness (QED) is 0.869. The number of hydrogen-bond acceptors (Lipinski definition) is 4. The monoisotopic (exact) mass is 324 g/mol. The number of rotatable bonds is 3. The van der Waals surface area contributed by atoms with Gasteiger partial charge in [0.15, 0.2) is 0 Å². The molecule has 4 rings (SSSR count). The fourth-order valence-corrected chi connectivity index (χ4v) is 4.55. The number of hydrogen-bond donors (Lipinski definition) is 0. The van der Waals surface area contributed by atoms with Crippen molar-refractivity contribution in [3.05, 3.63) is 36.2 Å². The molecule has 4 heteroatoms. The average molecular weight is 324 g/mol. The van der Waals surface area contributed by atoms with Crippen molar-refractivity contribution >= 4 is 11.0 Å². The van der Waals surface area contributed by atoms with Crippen molar-refractivity contribution in [1.82, 2.24) is 19.8 Å². The third kappa shape index (κ3) is 3.45. The lowest BCUT2D eigenvalue weighted by molar-refractivity contribution is 0.187. The normalized spacial score (nSPS) is 24.5. The van der Waals surface area contributed by atoms with Crippen LogP contribution in [0, 0.1) is 5.92 Å². The fourth-order valence-electron chi connectivity index (χ4n) is 4.55. The van der Waals surface area contributed by atoms with E-state index in [-0.39, 0.29) is 0 Å². The molecule has 24 heavy (non-hydrogen) atoms. The summed E-state index contributed by atoms with van der Waals surface area (Å²) in [5.41, 5.74) is 3.45. The van der Waals surface area contributed by atoms with E-state index in [1.54, 1.807) is 0 Å². The molecule has 0 amide bonds. The van der Waals surface area contributed by atoms with Crippen molar-refractivity contribution in [1.29, 1.82) is 0 Å². The van der Waals surface area contributed by atoms with Crippen molar-refractivity contribution < 1.29 is 0 Å². The second-order valence-corrected chi connectivity index (χ2v) is 7.61. The molecule has 1 aliphatic carbocycles. The van der Waals surface area contributed by atoms with Gasteiger partial charge in [0.25, 0.3) is 0 Å². The van der Waals surface area contributed by atoms with Crippen molar-refractivity contribution in [3.63, 3.8) is 0 Å². The minimum Gasteiger partial charge on any atom is -0.305 e. The van der Waals surface area contributed by atoms with Crippen molar-refractivity contribution in [3.8, 4) is 0 Å². The highest BCUT2D eigenvalue weighted by atomic mass is 15.2. The predicted octanol–water partition coefficient (Wildman–Crippen LogP) is 2.98. The molecule has 1 saturated heterocycles. The van der Waals surface area contributed by atoms with Gasteiger partial charge in [-0.1, -0.05) is 12.8 Å². The lowest BCUT2D eigenvalue weighted by Gasteiger charge is -2.29. The maximum Gasteiger partial charge on any atom is 0.0918 e. The van der Waals surface area contributed by atoms with Gasteiger partial charge in [0, 0.05) is 44.6 Å². The first-order valence-electron chi connectivity index (χ1n) is 9.41. The topological polar surface area (TPSA) is 32.3 Å². The fraction of sp³-hybridized carbons (Fsp3) is 0.600. The molecule has 1 aliphatic heterocycles. The summed E-state index contributed by atoms with van der Waals surface area (Å²) in [5.74, 6) is 0.672. The second-order valence-electron chi connectivity index (χ2n) is 7.61. The summed E-state index contributed by atoms with van der Waals surface area (Å²) >= 11 is 0. The summed E-state index contributed by atoms with van der Waals surface area (Å²) in [4.78, 5) is 14.3. The summed E-state index contributed by atoms with van der Waals surface area (Å²) in [7, 11) is 2.27. The first kappa shape index (κ1) is 16.0. The minimum atomic E-state index is 0.672. The van der Waals surface area contributed by atoms with Gasteiger partial charge >= 0.3 is 0 Å². The Labute approximate surface area is 144 Å². The Bertz CT molecular complexity index is 675. The number of nitrogens with zero attached hydrogens (tertiary/aromatic N) is 4. The lowest BCUT2D eigenvalue weighted by Crippen LogP contribution is -2.38. The molecule has 0 bridgehead atoms. The van der Waals surface area contributed by atoms with Crippen molar-refractivity contribution in [2.75, 3.05) is 33.2 Å². The standard InChI is InChI=1S/C20H28N4/c1-23-11-12-24(18-5-2-3-6-18)15-16(14-23)13-17-8-10-21-19-7-4-9-22-20(17)19/h4,7-10,16,18H,2-3,5-6,11-15H2,1H3. The van der Waals surface area contributed by atoms with E-state index in [9.17, 15) is 0 Å². The molecule has 0 aromatic carbocycles. The Kier molecular flexibility index (Phi) is 4.76. The van der Waals surface area contributed by atoms with Crippen LogP contribution in [0.2, 0.25) is 0 Å². The van der Waals surface area contributed by atoms with Crippen LogP contribution in [0.4, 0.5) is 0 Å². The van der Waals surface area contributed by atoms with Crippen LogP contribution in [0.5, 0.6) is 0 Å². The molecule has 2 aliphatic rings. The first-order chi connectivity index (χ1) is 11.8. The third-order valence-electron chi connectivity index (χ3n) is 5.76. The van der Waals surface area contributed by atoms with E-state index in [4.69, 9.17) is 0 Å². The Morgan fingerprint density at radius 2 is 1.92 bits per heavy atom. The molecule has 2 aromatic rings. The third-order valence-corrected chi connectivity index (χ3v) is 5.76. The highest BCUT2D eigenvalue weighted by molar-refractivity contribution is 5.77. The largest absolute Gasteiger partial charge is 0.305 e. The van der Waals surface area contributed by atoms with E-state index in [0.717, 1.165) is 23.5 Å². The van der Waals surface area contributed by atoms with Crippen LogP contribution in [-0.2, 0) is 6.42 Å². The molecule has 2 fully saturated rings. The van der Waals surface area contributed by atoms with Gasteiger partial charge in [-0.15, -0.1) is 0 Å². The van der Waals surface area contributed by atoms with E-state index in [0.29, 0.717) is 5.92 Å². The van der Waals surface area contributed by atoms with Gasteiger partial charge < -0.3 is 4.90 Å². The summed E-state index contributed by atoms with van der Waals surface area (Å²) < 4.78 is 0. The van der Waals surface area contributed by atoms with Gasteiger partial charge in [0.1, 0.15) is 0 Å². The molecule has 3 heterocycles. The predicted molar refractivity (Wildman–Crippen MR) is 98.1 cm³/mol. The Morgan fingerprint density at radius 1 is 1.04 bits per heavy atom. The van der Waals surface area contributed by atoms with Gasteiger partial charge in [0.2, 0.25) is 0 Å². The molecule has 0 spiro atoms. The van der Waals surface area contributed by atoms with Crippen LogP contribution in [0.15, 0.2) is 30.6 Å². The van der Waals surface area contributed by atoms with E-state index < -0.39 is 0 Å². The maximum atomic E-state index is 4.60. The highest BCUT2D eigenvalue weighted by Gasteiger charge is 2.28. The summed E-state index contributed by atoms with van der Waals surface area (Å²) in [6.45, 7) is 4.83. The van der Waals surface area contributed by atoms with Crippen LogP contribution in [0.3, 0.4) is 0 Å². The van der Waals surface area contributed by atoms with Gasteiger partial charge in [0.05, 0.1) is 11.0 Å². The van der Waals surface area contributed by atoms with E-state index in [1.165, 1.54) is 57.4 Å². The van der Waals surface area contributed by atoms with Crippen LogP contribution in [0.1, 0.15) is 31.2 Å². The second kappa shape index (κ2) is 7.16. The number of pyridine rings is 2. The SMILES string of the molecule is CN1CCN(C2CCCC2)CC(Cc2ccnc3cccnc23)C1. The zero-order valence-corrected chi connectivity index (χ0v) is 14.7. The first-order valence-corrected chi connectivity index (χ1v) is 9.41. The Balaban J connectivity index is 1.54. The summed E-state index contributed by atoms with van der Waals surface area (Å²) in [5, 5.41) is 0. The molecule has 1 unspecified atom stereocenters. The molecular weight excluding hydrogens is 296 g/mol. The zero-order chi connectivity index (χ0) is 16.4. The van der Waals surface area contributed by atoms with E-state index >= 15 is 0 Å². The number of fused-ring (bicyclic) bond motifs is 1. The van der Waals surface area contributed by atoms with Gasteiger partial charge in [-0.2, -0.15) is 0 Å². The highest BCUT2D eigenvalue weighted by Crippen LogP contribution is 2.27. The molecule has 0 N–H and O–H groups in total. The smallest absolute Gasteiger partial charge is 0.0918 e. The van der Waals surface area contributed by atoms with E-state index in [2.05, 4.69) is 38.9 Å². The number of aromatic nitrogens is 2. The average Bonchev–Trinajstić information content (AvgIpc) is 3.07. The summed E-state index contributed by atoms with van der Waals surface area (Å²) in [6.07, 6.45) is 10.6. The zero-order valence-electron chi connectivity index (χ0n) is 14.7. The van der Waals surface area contributed by atoms with Gasteiger partial charge in [-0.3, -0.25) is 14.9 Å². The molecule has 128 valence electrons. The van der Waals surface area contributed by atoms with Crippen LogP contribution >= 0.6 is 0 Å². The number of likely N-dealkylation sites (N-methyl/N-ethyl adjacent to an activating group) is 1. The van der Waals surface area contributed by atoms with Gasteiger partial charge in [-0.05, 0) is 56.0 Å². The van der Waals surface area contributed by atoms with Crippen molar-refractivity contribution in [2.24, 2.45) is 5.92 Å². The lowest BCUT2D eigenvalue weighted by atomic mass is 9.97. The minimum absolute atomic E-state index is 0.672. The Morgan fingerprint density at radius 3 is 2.79 bits per heavy atom. The van der Waals surface area contributed by atoms with Gasteiger partial charge in [-0.25, -0.2) is 0 Å². The maximum absolute atomic E-state index is 4.60. The van der Waals surface area contributed by atoms with Crippen LogP contribution in [0.25, 0.3) is 11.0 Å². The Hall–Kier alpha value is -1.52. The molecule has 4 nitrogen and oxygen atoms in total. The molecule has 1 atom stereocenters. The van der Waals surface area contributed by atoms with Crippen LogP contribution < -0.4 is 0 Å². The molecular formula is C20H28N4. The van der Waals surface area contributed by atoms with E-state index in [1.807, 2.05) is 18.5 Å². The van der Waals surface area contributed by atoms with Crippen LogP contribution in [-0.4, -0.2) is 59.0 Å². The molecule has 0 radical (unpaired) electrons.